The van der Waals surface area contributed by atoms with Gasteiger partial charge in [0.2, 0.25) is 0 Å². The summed E-state index contributed by atoms with van der Waals surface area (Å²) in [5, 5.41) is 14.1. The van der Waals surface area contributed by atoms with Crippen molar-refractivity contribution in [3.8, 4) is 0 Å². The second kappa shape index (κ2) is 7.97. The molecule has 0 bridgehead atoms. The van der Waals surface area contributed by atoms with Crippen LogP contribution < -0.4 is 10.6 Å². The summed E-state index contributed by atoms with van der Waals surface area (Å²) in [5.74, 6) is 1.30. The van der Waals surface area contributed by atoms with Crippen molar-refractivity contribution in [2.75, 3.05) is 10.6 Å². The number of carbonyl (C=O) groups excluding carboxylic acids is 1. The monoisotopic (exact) mass is 385 g/mol. The predicted octanol–water partition coefficient (Wildman–Crippen LogP) is 3.93. The fourth-order valence-corrected chi connectivity index (χ4v) is 2.73. The van der Waals surface area contributed by atoms with Gasteiger partial charge in [0.1, 0.15) is 5.82 Å². The Kier molecular flexibility index (Phi) is 5.07. The van der Waals surface area contributed by atoms with E-state index in [-0.39, 0.29) is 5.91 Å². The number of fused-ring (bicyclic) bond motifs is 1. The lowest BCUT2D eigenvalue weighted by atomic mass is 10.1. The number of nitrogens with zero attached hydrogens (tertiary/aromatic N) is 5. The Morgan fingerprint density at radius 3 is 2.59 bits per heavy atom. The molecule has 2 N–H and O–H groups in total. The third-order valence-corrected chi connectivity index (χ3v) is 4.34. The van der Waals surface area contributed by atoms with Crippen molar-refractivity contribution in [3.63, 3.8) is 0 Å². The zero-order chi connectivity index (χ0) is 20.2. The van der Waals surface area contributed by atoms with Crippen LogP contribution in [0.3, 0.4) is 0 Å². The molecule has 0 fully saturated rings. The van der Waals surface area contributed by atoms with E-state index in [2.05, 4.69) is 49.6 Å². The summed E-state index contributed by atoms with van der Waals surface area (Å²) in [4.78, 5) is 25.3. The zero-order valence-corrected chi connectivity index (χ0v) is 16.0. The van der Waals surface area contributed by atoms with E-state index in [0.29, 0.717) is 39.8 Å². The first-order valence-electron chi connectivity index (χ1n) is 9.16. The molecule has 0 aliphatic heterocycles. The van der Waals surface area contributed by atoms with Crippen molar-refractivity contribution in [2.45, 2.75) is 19.8 Å². The molecule has 0 saturated heterocycles. The molecule has 29 heavy (non-hydrogen) atoms. The van der Waals surface area contributed by atoms with Gasteiger partial charge < -0.3 is 10.6 Å². The number of pyridine rings is 3. The van der Waals surface area contributed by atoms with Gasteiger partial charge in [-0.05, 0) is 47.9 Å². The minimum atomic E-state index is -0.263. The number of hydrogen-bond donors (Lipinski definition) is 2. The lowest BCUT2D eigenvalue weighted by molar-refractivity contribution is 0.102. The highest BCUT2D eigenvalue weighted by molar-refractivity contribution is 6.05. The maximum Gasteiger partial charge on any atom is 0.257 e. The van der Waals surface area contributed by atoms with E-state index in [1.807, 2.05) is 18.2 Å². The van der Waals surface area contributed by atoms with Crippen molar-refractivity contribution in [1.29, 1.82) is 0 Å². The third-order valence-electron chi connectivity index (χ3n) is 4.34. The molecule has 8 nitrogen and oxygen atoms in total. The number of nitrogens with one attached hydrogen (secondary N) is 2. The molecular formula is C21H19N7O. The van der Waals surface area contributed by atoms with Crippen LogP contribution in [0, 0.1) is 0 Å². The molecule has 8 heteroatoms. The normalized spacial score (nSPS) is 10.9. The fourth-order valence-electron chi connectivity index (χ4n) is 2.73. The zero-order valence-electron chi connectivity index (χ0n) is 16.0. The molecular weight excluding hydrogens is 366 g/mol. The lowest BCUT2D eigenvalue weighted by Crippen LogP contribution is -2.12. The van der Waals surface area contributed by atoms with Crippen LogP contribution in [-0.2, 0) is 0 Å². The number of aromatic nitrogens is 5. The maximum absolute atomic E-state index is 12.5. The lowest BCUT2D eigenvalue weighted by Gasteiger charge is -2.09. The first-order chi connectivity index (χ1) is 14.1. The average Bonchev–Trinajstić information content (AvgIpc) is 2.74. The number of amides is 1. The van der Waals surface area contributed by atoms with Crippen LogP contribution in [0.25, 0.3) is 11.0 Å². The Morgan fingerprint density at radius 1 is 0.966 bits per heavy atom. The molecule has 4 aromatic rings. The first-order valence-corrected chi connectivity index (χ1v) is 9.16. The first kappa shape index (κ1) is 18.4. The standard InChI is InChI=1S/C21H19N7O/c1-13(2)14-10-20(28-24-12-14)27-19-4-3-17-18(26-19)9-15(11-23-17)21(29)25-16-5-7-22-8-6-16/h3-13H,1-2H3,(H,22,25,29)(H,26,27,28). The quantitative estimate of drug-likeness (QED) is 0.536. The highest BCUT2D eigenvalue weighted by atomic mass is 16.1. The smallest absolute Gasteiger partial charge is 0.257 e. The van der Waals surface area contributed by atoms with E-state index < -0.39 is 0 Å². The Bertz CT molecular complexity index is 1160. The van der Waals surface area contributed by atoms with Crippen molar-refractivity contribution < 1.29 is 4.79 Å². The molecule has 0 atom stereocenters. The number of anilines is 3. The largest absolute Gasteiger partial charge is 0.323 e. The number of hydrogen-bond acceptors (Lipinski definition) is 7. The Labute approximate surface area is 167 Å². The molecule has 4 rings (SSSR count). The summed E-state index contributed by atoms with van der Waals surface area (Å²) in [7, 11) is 0. The third kappa shape index (κ3) is 4.32. The molecule has 0 radical (unpaired) electrons. The van der Waals surface area contributed by atoms with Gasteiger partial charge in [-0.1, -0.05) is 13.8 Å². The van der Waals surface area contributed by atoms with E-state index in [1.54, 1.807) is 36.8 Å². The minimum Gasteiger partial charge on any atom is -0.323 e. The summed E-state index contributed by atoms with van der Waals surface area (Å²) in [6, 6.07) is 10.8. The summed E-state index contributed by atoms with van der Waals surface area (Å²) in [6.07, 6.45) is 6.52. The fraction of sp³-hybridized carbons (Fsp3) is 0.143. The summed E-state index contributed by atoms with van der Waals surface area (Å²) in [6.45, 7) is 4.19. The molecule has 144 valence electrons. The maximum atomic E-state index is 12.5. The molecule has 0 saturated carbocycles. The van der Waals surface area contributed by atoms with Gasteiger partial charge in [0, 0.05) is 24.3 Å². The van der Waals surface area contributed by atoms with Crippen molar-refractivity contribution in [3.05, 3.63) is 72.3 Å². The summed E-state index contributed by atoms with van der Waals surface area (Å²) >= 11 is 0. The Hall–Kier alpha value is -3.94. The number of carbonyl (C=O) groups is 1. The Balaban J connectivity index is 1.58. The van der Waals surface area contributed by atoms with Gasteiger partial charge >= 0.3 is 0 Å². The van der Waals surface area contributed by atoms with Gasteiger partial charge in [-0.25, -0.2) is 4.98 Å². The topological polar surface area (TPSA) is 106 Å². The van der Waals surface area contributed by atoms with Crippen molar-refractivity contribution in [2.24, 2.45) is 0 Å². The minimum absolute atomic E-state index is 0.263. The van der Waals surface area contributed by atoms with Crippen LogP contribution in [0.1, 0.15) is 35.7 Å². The van der Waals surface area contributed by atoms with E-state index >= 15 is 0 Å². The molecule has 0 unspecified atom stereocenters. The van der Waals surface area contributed by atoms with Gasteiger partial charge in [-0.2, -0.15) is 5.10 Å². The van der Waals surface area contributed by atoms with Gasteiger partial charge in [0.15, 0.2) is 5.82 Å². The second-order valence-electron chi connectivity index (χ2n) is 6.80. The second-order valence-corrected chi connectivity index (χ2v) is 6.80. The van der Waals surface area contributed by atoms with Crippen LogP contribution in [0.4, 0.5) is 17.3 Å². The van der Waals surface area contributed by atoms with Crippen LogP contribution in [-0.4, -0.2) is 31.1 Å². The van der Waals surface area contributed by atoms with Crippen LogP contribution in [0.15, 0.2) is 61.2 Å². The predicted molar refractivity (Wildman–Crippen MR) is 111 cm³/mol. The van der Waals surface area contributed by atoms with Gasteiger partial charge in [0.25, 0.3) is 5.91 Å². The van der Waals surface area contributed by atoms with Gasteiger partial charge in [-0.3, -0.25) is 14.8 Å². The molecule has 0 aromatic carbocycles. The summed E-state index contributed by atoms with van der Waals surface area (Å²) < 4.78 is 0. The average molecular weight is 385 g/mol. The van der Waals surface area contributed by atoms with Gasteiger partial charge in [-0.15, -0.1) is 5.10 Å². The molecule has 0 aliphatic carbocycles. The van der Waals surface area contributed by atoms with E-state index in [1.165, 1.54) is 6.20 Å². The van der Waals surface area contributed by atoms with Gasteiger partial charge in [0.05, 0.1) is 22.8 Å². The highest BCUT2D eigenvalue weighted by Crippen LogP contribution is 2.20. The van der Waals surface area contributed by atoms with Crippen LogP contribution in [0.5, 0.6) is 0 Å². The molecule has 0 spiro atoms. The van der Waals surface area contributed by atoms with Crippen molar-refractivity contribution >= 4 is 34.3 Å². The highest BCUT2D eigenvalue weighted by Gasteiger charge is 2.10. The SMILES string of the molecule is CC(C)c1cnnc(Nc2ccc3ncc(C(=O)Nc4ccncc4)cc3n2)c1. The molecule has 4 heterocycles. The van der Waals surface area contributed by atoms with E-state index in [9.17, 15) is 4.79 Å². The van der Waals surface area contributed by atoms with Crippen LogP contribution >= 0.6 is 0 Å². The van der Waals surface area contributed by atoms with Crippen molar-refractivity contribution in [1.82, 2.24) is 25.1 Å². The van der Waals surface area contributed by atoms with Crippen LogP contribution in [0.2, 0.25) is 0 Å². The molecule has 0 aliphatic rings. The Morgan fingerprint density at radius 2 is 1.79 bits per heavy atom. The molecule has 4 aromatic heterocycles. The van der Waals surface area contributed by atoms with E-state index in [4.69, 9.17) is 0 Å². The van der Waals surface area contributed by atoms with E-state index in [0.717, 1.165) is 5.56 Å². The molecule has 1 amide bonds. The number of rotatable bonds is 5. The summed E-state index contributed by atoms with van der Waals surface area (Å²) in [5.41, 5.74) is 3.46.